The second-order valence-electron chi connectivity index (χ2n) is 5.15. The second-order valence-corrected chi connectivity index (χ2v) is 6.91. The highest BCUT2D eigenvalue weighted by Crippen LogP contribution is 2.13. The van der Waals surface area contributed by atoms with Gasteiger partial charge in [-0.15, -0.1) is 0 Å². The predicted molar refractivity (Wildman–Crippen MR) is 75.0 cm³/mol. The Hall–Kier alpha value is -1.40. The maximum atomic E-state index is 11.3. The van der Waals surface area contributed by atoms with Gasteiger partial charge in [0.1, 0.15) is 0 Å². The number of carboxylic acids is 1. The number of carbonyl (C=O) groups excluding carboxylic acids is 1. The molecule has 0 fully saturated rings. The molecule has 0 saturated carbocycles. The molecule has 0 rings (SSSR count). The number of nitrogens with two attached hydrogens (primary N) is 1. The molecular formula is C11H21F3N2O6S. The van der Waals surface area contributed by atoms with Gasteiger partial charge in [-0.05, 0) is 20.3 Å². The highest BCUT2D eigenvalue weighted by Gasteiger charge is 2.38. The van der Waals surface area contributed by atoms with E-state index in [0.717, 1.165) is 0 Å². The first kappa shape index (κ1) is 23.9. The van der Waals surface area contributed by atoms with Gasteiger partial charge in [0.2, 0.25) is 5.91 Å². The number of carboxylic acid groups (broad SMARTS) is 1. The summed E-state index contributed by atoms with van der Waals surface area (Å²) in [6.07, 6.45) is -4.76. The van der Waals surface area contributed by atoms with Gasteiger partial charge in [0.25, 0.3) is 10.1 Å². The van der Waals surface area contributed by atoms with Crippen LogP contribution < -0.4 is 11.1 Å². The molecule has 0 spiro atoms. The molecule has 0 aliphatic heterocycles. The summed E-state index contributed by atoms with van der Waals surface area (Å²) in [5.74, 6) is -3.06. The van der Waals surface area contributed by atoms with Crippen molar-refractivity contribution in [2.24, 2.45) is 5.73 Å². The molecule has 0 aromatic heterocycles. The Morgan fingerprint density at radius 2 is 1.70 bits per heavy atom. The average molecular weight is 366 g/mol. The van der Waals surface area contributed by atoms with Crippen molar-refractivity contribution in [3.05, 3.63) is 0 Å². The monoisotopic (exact) mass is 366 g/mol. The number of alkyl halides is 3. The number of carbonyl (C=O) groups is 2. The summed E-state index contributed by atoms with van der Waals surface area (Å²) in [5.41, 5.74) is 4.91. The summed E-state index contributed by atoms with van der Waals surface area (Å²) >= 11 is 0. The van der Waals surface area contributed by atoms with Gasteiger partial charge in [0, 0.05) is 19.0 Å². The van der Waals surface area contributed by atoms with Crippen LogP contribution in [0.5, 0.6) is 0 Å². The van der Waals surface area contributed by atoms with Crippen molar-refractivity contribution in [3.8, 4) is 0 Å². The third-order valence-corrected chi connectivity index (χ3v) is 3.06. The van der Waals surface area contributed by atoms with Crippen molar-refractivity contribution in [1.29, 1.82) is 0 Å². The third-order valence-electron chi connectivity index (χ3n) is 1.80. The Labute approximate surface area is 132 Å². The zero-order valence-electron chi connectivity index (χ0n) is 12.9. The van der Waals surface area contributed by atoms with Crippen LogP contribution in [0.15, 0.2) is 0 Å². The molecule has 12 heteroatoms. The maximum absolute atomic E-state index is 11.3. The fourth-order valence-electron chi connectivity index (χ4n) is 0.814. The largest absolute Gasteiger partial charge is 0.490 e. The zero-order chi connectivity index (χ0) is 18.9. The standard InChI is InChI=1S/C9H20N2O4S.C2HF3O2/c1-8(12)11-5-4-6-16(13,14)15-7-9(2,3)10;3-2(4,5)1(6)7/h4-7,10H2,1-3H3,(H,11,12);(H,6,7). The van der Waals surface area contributed by atoms with E-state index in [1.165, 1.54) is 6.92 Å². The molecule has 0 bridgehead atoms. The molecule has 0 aromatic rings. The van der Waals surface area contributed by atoms with E-state index in [-0.39, 0.29) is 18.3 Å². The number of amides is 1. The van der Waals surface area contributed by atoms with E-state index >= 15 is 0 Å². The molecular weight excluding hydrogens is 345 g/mol. The van der Waals surface area contributed by atoms with Crippen LogP contribution in [-0.4, -0.2) is 56.0 Å². The molecule has 1 amide bonds. The number of aliphatic carboxylic acids is 1. The van der Waals surface area contributed by atoms with Crippen molar-refractivity contribution in [1.82, 2.24) is 5.32 Å². The van der Waals surface area contributed by atoms with E-state index in [2.05, 4.69) is 5.32 Å². The summed E-state index contributed by atoms with van der Waals surface area (Å²) in [4.78, 5) is 19.4. The minimum Gasteiger partial charge on any atom is -0.475 e. The van der Waals surface area contributed by atoms with Crippen molar-refractivity contribution >= 4 is 22.0 Å². The van der Waals surface area contributed by atoms with E-state index in [9.17, 15) is 26.4 Å². The summed E-state index contributed by atoms with van der Waals surface area (Å²) in [6, 6.07) is 0. The summed E-state index contributed by atoms with van der Waals surface area (Å²) in [5, 5.41) is 9.63. The smallest absolute Gasteiger partial charge is 0.475 e. The topological polar surface area (TPSA) is 136 Å². The lowest BCUT2D eigenvalue weighted by atomic mass is 10.1. The lowest BCUT2D eigenvalue weighted by Crippen LogP contribution is -2.38. The number of hydrogen-bond acceptors (Lipinski definition) is 6. The highest BCUT2D eigenvalue weighted by atomic mass is 32.2. The first-order valence-electron chi connectivity index (χ1n) is 6.27. The predicted octanol–water partition coefficient (Wildman–Crippen LogP) is 0.230. The fourth-order valence-corrected chi connectivity index (χ4v) is 1.91. The lowest BCUT2D eigenvalue weighted by molar-refractivity contribution is -0.192. The van der Waals surface area contributed by atoms with Crippen LogP contribution in [0.3, 0.4) is 0 Å². The molecule has 0 aliphatic carbocycles. The molecule has 4 N–H and O–H groups in total. The van der Waals surface area contributed by atoms with Gasteiger partial charge in [-0.2, -0.15) is 21.6 Å². The van der Waals surface area contributed by atoms with Crippen molar-refractivity contribution in [2.45, 2.75) is 38.9 Å². The molecule has 138 valence electrons. The van der Waals surface area contributed by atoms with E-state index in [1.807, 2.05) is 0 Å². The van der Waals surface area contributed by atoms with Gasteiger partial charge in [0.05, 0.1) is 12.4 Å². The van der Waals surface area contributed by atoms with Crippen LogP contribution in [0.2, 0.25) is 0 Å². The van der Waals surface area contributed by atoms with E-state index in [1.54, 1.807) is 13.8 Å². The Morgan fingerprint density at radius 1 is 1.26 bits per heavy atom. The van der Waals surface area contributed by atoms with Gasteiger partial charge in [-0.3, -0.25) is 8.98 Å². The lowest BCUT2D eigenvalue weighted by Gasteiger charge is -2.17. The van der Waals surface area contributed by atoms with Gasteiger partial charge in [-0.1, -0.05) is 0 Å². The molecule has 0 saturated heterocycles. The SMILES string of the molecule is CC(=O)NCCCS(=O)(=O)OCC(C)(C)N.O=C(O)C(F)(F)F. The second kappa shape index (κ2) is 9.67. The number of hydrogen-bond donors (Lipinski definition) is 3. The molecule has 8 nitrogen and oxygen atoms in total. The van der Waals surface area contributed by atoms with Crippen molar-refractivity contribution in [3.63, 3.8) is 0 Å². The van der Waals surface area contributed by atoms with Crippen LogP contribution >= 0.6 is 0 Å². The molecule has 23 heavy (non-hydrogen) atoms. The molecule has 0 aliphatic rings. The molecule has 0 unspecified atom stereocenters. The quantitative estimate of drug-likeness (QED) is 0.433. The summed E-state index contributed by atoms with van der Waals surface area (Å²) in [7, 11) is -3.54. The Bertz CT molecular complexity index is 485. The Balaban J connectivity index is 0. The minimum atomic E-state index is -5.08. The van der Waals surface area contributed by atoms with Crippen LogP contribution in [0, 0.1) is 0 Å². The van der Waals surface area contributed by atoms with E-state index in [0.29, 0.717) is 13.0 Å². The van der Waals surface area contributed by atoms with E-state index < -0.39 is 27.8 Å². The minimum absolute atomic E-state index is 0.0462. The normalized spacial score (nSPS) is 12.1. The van der Waals surface area contributed by atoms with Gasteiger partial charge < -0.3 is 16.2 Å². The third kappa shape index (κ3) is 18.6. The maximum Gasteiger partial charge on any atom is 0.490 e. The first-order chi connectivity index (χ1) is 10.1. The van der Waals surface area contributed by atoms with Crippen molar-refractivity contribution < 1.29 is 40.5 Å². The van der Waals surface area contributed by atoms with Gasteiger partial charge in [0.15, 0.2) is 0 Å². The molecule has 0 heterocycles. The Kier molecular flexibility index (Phi) is 10.0. The number of rotatable bonds is 7. The average Bonchev–Trinajstić information content (AvgIpc) is 2.31. The zero-order valence-corrected chi connectivity index (χ0v) is 13.8. The first-order valence-corrected chi connectivity index (χ1v) is 7.85. The highest BCUT2D eigenvalue weighted by molar-refractivity contribution is 7.86. The Morgan fingerprint density at radius 3 is 2.00 bits per heavy atom. The summed E-state index contributed by atoms with van der Waals surface area (Å²) in [6.45, 7) is 5.01. The number of halogens is 3. The van der Waals surface area contributed by atoms with Gasteiger partial charge in [-0.25, -0.2) is 4.79 Å². The van der Waals surface area contributed by atoms with Crippen LogP contribution in [0.25, 0.3) is 0 Å². The van der Waals surface area contributed by atoms with Crippen molar-refractivity contribution in [2.75, 3.05) is 18.9 Å². The van der Waals surface area contributed by atoms with Crippen LogP contribution in [0.4, 0.5) is 13.2 Å². The number of nitrogens with one attached hydrogen (secondary N) is 1. The molecule has 0 aromatic carbocycles. The van der Waals surface area contributed by atoms with Gasteiger partial charge >= 0.3 is 12.1 Å². The molecule has 0 radical (unpaired) electrons. The summed E-state index contributed by atoms with van der Waals surface area (Å²) < 4.78 is 59.1. The van der Waals surface area contributed by atoms with E-state index in [4.69, 9.17) is 19.8 Å². The van der Waals surface area contributed by atoms with Crippen LogP contribution in [0.1, 0.15) is 27.2 Å². The van der Waals surface area contributed by atoms with Crippen LogP contribution in [-0.2, 0) is 23.9 Å². The molecule has 0 atom stereocenters. The fraction of sp³-hybridized carbons (Fsp3) is 0.818.